The zero-order chi connectivity index (χ0) is 13.0. The first-order chi connectivity index (χ1) is 8.70. The highest BCUT2D eigenvalue weighted by Crippen LogP contribution is 2.27. The van der Waals surface area contributed by atoms with Crippen LogP contribution in [0.4, 0.5) is 0 Å². The molecule has 0 radical (unpaired) electrons. The highest BCUT2D eigenvalue weighted by atomic mass is 16.5. The van der Waals surface area contributed by atoms with Crippen molar-refractivity contribution < 1.29 is 19.4 Å². The van der Waals surface area contributed by atoms with E-state index in [2.05, 4.69) is 0 Å². The summed E-state index contributed by atoms with van der Waals surface area (Å²) < 4.78 is 10.4. The van der Waals surface area contributed by atoms with Gasteiger partial charge in [0.2, 0.25) is 0 Å². The largest absolute Gasteiger partial charge is 0.464 e. The average molecular weight is 248 g/mol. The Hall–Kier alpha value is -1.81. The predicted molar refractivity (Wildman–Crippen MR) is 66.1 cm³/mol. The number of aliphatic hydroxyl groups excluding tert-OH is 1. The van der Waals surface area contributed by atoms with Gasteiger partial charge in [0.05, 0.1) is 6.61 Å². The molecule has 96 valence electrons. The molecule has 0 spiro atoms. The van der Waals surface area contributed by atoms with Crippen LogP contribution in [0.3, 0.4) is 0 Å². The summed E-state index contributed by atoms with van der Waals surface area (Å²) in [4.78, 5) is 11.3. The van der Waals surface area contributed by atoms with E-state index in [0.717, 1.165) is 17.7 Å². The molecule has 2 rings (SSSR count). The molecule has 1 unspecified atom stereocenters. The lowest BCUT2D eigenvalue weighted by atomic mass is 10.1. The Kier molecular flexibility index (Phi) is 3.99. The number of rotatable bonds is 4. The Morgan fingerprint density at radius 1 is 1.50 bits per heavy atom. The van der Waals surface area contributed by atoms with Crippen LogP contribution < -0.4 is 4.74 Å². The summed E-state index contributed by atoms with van der Waals surface area (Å²) in [5.41, 5.74) is 1.10. The van der Waals surface area contributed by atoms with E-state index in [4.69, 9.17) is 9.47 Å². The van der Waals surface area contributed by atoms with Crippen LogP contribution >= 0.6 is 0 Å². The van der Waals surface area contributed by atoms with E-state index in [1.807, 2.05) is 30.3 Å². The van der Waals surface area contributed by atoms with Crippen LogP contribution in [0, 0.1) is 0 Å². The molecule has 0 aliphatic carbocycles. The minimum atomic E-state index is -1.17. The van der Waals surface area contributed by atoms with Crippen molar-refractivity contribution in [2.45, 2.75) is 25.9 Å². The number of aliphatic hydroxyl groups is 1. The Bertz CT molecular complexity index is 465. The number of hydrogen-bond acceptors (Lipinski definition) is 4. The molecule has 1 aliphatic rings. The Morgan fingerprint density at radius 3 is 3.06 bits per heavy atom. The molecule has 18 heavy (non-hydrogen) atoms. The molecule has 0 amide bonds. The molecule has 0 saturated heterocycles. The quantitative estimate of drug-likeness (QED) is 0.826. The van der Waals surface area contributed by atoms with Gasteiger partial charge in [0.15, 0.2) is 6.10 Å². The molecule has 4 heteroatoms. The molecular weight excluding hydrogens is 232 g/mol. The molecule has 1 aliphatic heterocycles. The number of carbonyl (C=O) groups is 1. The van der Waals surface area contributed by atoms with E-state index >= 15 is 0 Å². The SMILES string of the molecule is CCOC(=O)C(O)CC1=CCc2ccccc2O1. The Morgan fingerprint density at radius 2 is 2.28 bits per heavy atom. The number of benzene rings is 1. The van der Waals surface area contributed by atoms with Crippen LogP contribution in [0.25, 0.3) is 0 Å². The second kappa shape index (κ2) is 5.69. The number of para-hydroxylation sites is 1. The summed E-state index contributed by atoms with van der Waals surface area (Å²) in [5.74, 6) is 0.779. The van der Waals surface area contributed by atoms with E-state index < -0.39 is 12.1 Å². The van der Waals surface area contributed by atoms with Gasteiger partial charge in [-0.05, 0) is 31.1 Å². The molecule has 1 N–H and O–H groups in total. The van der Waals surface area contributed by atoms with Crippen molar-refractivity contribution in [3.63, 3.8) is 0 Å². The van der Waals surface area contributed by atoms with Gasteiger partial charge >= 0.3 is 5.97 Å². The van der Waals surface area contributed by atoms with E-state index in [1.165, 1.54) is 0 Å². The monoisotopic (exact) mass is 248 g/mol. The number of carbonyl (C=O) groups excluding carboxylic acids is 1. The van der Waals surface area contributed by atoms with Crippen molar-refractivity contribution in [1.29, 1.82) is 0 Å². The zero-order valence-electron chi connectivity index (χ0n) is 10.3. The topological polar surface area (TPSA) is 55.8 Å². The van der Waals surface area contributed by atoms with Gasteiger partial charge < -0.3 is 14.6 Å². The van der Waals surface area contributed by atoms with E-state index in [9.17, 15) is 9.90 Å². The first-order valence-electron chi connectivity index (χ1n) is 6.00. The molecule has 1 aromatic carbocycles. The van der Waals surface area contributed by atoms with Gasteiger partial charge in [-0.1, -0.05) is 18.2 Å². The molecule has 0 saturated carbocycles. The summed E-state index contributed by atoms with van der Waals surface area (Å²) in [6.45, 7) is 1.97. The third-order valence-corrected chi connectivity index (χ3v) is 2.72. The zero-order valence-corrected chi connectivity index (χ0v) is 10.3. The maximum Gasteiger partial charge on any atom is 0.335 e. The number of ether oxygens (including phenoxy) is 2. The van der Waals surface area contributed by atoms with Crippen molar-refractivity contribution in [2.24, 2.45) is 0 Å². The molecule has 0 aromatic heterocycles. The summed E-state index contributed by atoms with van der Waals surface area (Å²) in [6, 6.07) is 7.71. The summed E-state index contributed by atoms with van der Waals surface area (Å²) in [5, 5.41) is 9.65. The van der Waals surface area contributed by atoms with Crippen LogP contribution in [0.15, 0.2) is 36.1 Å². The molecule has 1 atom stereocenters. The number of hydrogen-bond donors (Lipinski definition) is 1. The first-order valence-corrected chi connectivity index (χ1v) is 6.00. The molecular formula is C14H16O4. The smallest absolute Gasteiger partial charge is 0.335 e. The molecule has 0 fully saturated rings. The van der Waals surface area contributed by atoms with Crippen LogP contribution in [0.2, 0.25) is 0 Å². The Labute approximate surface area is 106 Å². The fourth-order valence-electron chi connectivity index (χ4n) is 1.82. The van der Waals surface area contributed by atoms with Crippen LogP contribution in [-0.2, 0) is 16.0 Å². The van der Waals surface area contributed by atoms with E-state index in [0.29, 0.717) is 5.76 Å². The fourth-order valence-corrected chi connectivity index (χ4v) is 1.82. The van der Waals surface area contributed by atoms with Gasteiger partial charge in [0.25, 0.3) is 0 Å². The minimum absolute atomic E-state index is 0.146. The van der Waals surface area contributed by atoms with Crippen LogP contribution in [-0.4, -0.2) is 23.8 Å². The van der Waals surface area contributed by atoms with Gasteiger partial charge in [0, 0.05) is 6.42 Å². The van der Waals surface area contributed by atoms with Crippen LogP contribution in [0.5, 0.6) is 5.75 Å². The highest BCUT2D eigenvalue weighted by molar-refractivity contribution is 5.74. The van der Waals surface area contributed by atoms with E-state index in [1.54, 1.807) is 6.92 Å². The Balaban J connectivity index is 1.97. The van der Waals surface area contributed by atoms with Crippen molar-refractivity contribution in [2.75, 3.05) is 6.61 Å². The number of esters is 1. The van der Waals surface area contributed by atoms with Gasteiger partial charge in [-0.15, -0.1) is 0 Å². The summed E-state index contributed by atoms with van der Waals surface area (Å²) in [6.07, 6.45) is 1.61. The number of allylic oxidation sites excluding steroid dienone is 1. The minimum Gasteiger partial charge on any atom is -0.464 e. The summed E-state index contributed by atoms with van der Waals surface area (Å²) >= 11 is 0. The van der Waals surface area contributed by atoms with Crippen molar-refractivity contribution in [3.8, 4) is 5.75 Å². The van der Waals surface area contributed by atoms with Gasteiger partial charge in [-0.3, -0.25) is 0 Å². The lowest BCUT2D eigenvalue weighted by Crippen LogP contribution is -2.25. The van der Waals surface area contributed by atoms with Gasteiger partial charge in [-0.25, -0.2) is 4.79 Å². The average Bonchev–Trinajstić information content (AvgIpc) is 2.39. The first kappa shape index (κ1) is 12.6. The maximum atomic E-state index is 11.3. The third kappa shape index (κ3) is 2.90. The molecule has 1 heterocycles. The molecule has 0 bridgehead atoms. The number of fused-ring (bicyclic) bond motifs is 1. The summed E-state index contributed by atoms with van der Waals surface area (Å²) in [7, 11) is 0. The maximum absolute atomic E-state index is 11.3. The highest BCUT2D eigenvalue weighted by Gasteiger charge is 2.21. The fraction of sp³-hybridized carbons (Fsp3) is 0.357. The van der Waals surface area contributed by atoms with Crippen LogP contribution in [0.1, 0.15) is 18.9 Å². The molecule has 4 nitrogen and oxygen atoms in total. The van der Waals surface area contributed by atoms with Crippen molar-refractivity contribution in [1.82, 2.24) is 0 Å². The van der Waals surface area contributed by atoms with Crippen molar-refractivity contribution in [3.05, 3.63) is 41.7 Å². The lowest BCUT2D eigenvalue weighted by molar-refractivity contribution is -0.153. The standard InChI is InChI=1S/C14H16O4/c1-2-17-14(16)12(15)9-11-8-7-10-5-3-4-6-13(10)18-11/h3-6,8,12,15H,2,7,9H2,1H3. The van der Waals surface area contributed by atoms with Gasteiger partial charge in [-0.2, -0.15) is 0 Å². The van der Waals surface area contributed by atoms with Crippen molar-refractivity contribution >= 4 is 5.97 Å². The normalized spacial score (nSPS) is 15.1. The van der Waals surface area contributed by atoms with E-state index in [-0.39, 0.29) is 13.0 Å². The third-order valence-electron chi connectivity index (χ3n) is 2.72. The second-order valence-electron chi connectivity index (χ2n) is 4.06. The second-order valence-corrected chi connectivity index (χ2v) is 4.06. The van der Waals surface area contributed by atoms with Gasteiger partial charge in [0.1, 0.15) is 11.5 Å². The predicted octanol–water partition coefficient (Wildman–Crippen LogP) is 1.82. The lowest BCUT2D eigenvalue weighted by Gasteiger charge is -2.19. The molecule has 1 aromatic rings.